The fourth-order valence-corrected chi connectivity index (χ4v) is 2.39. The van der Waals surface area contributed by atoms with Gasteiger partial charge in [-0.3, -0.25) is 0 Å². The summed E-state index contributed by atoms with van der Waals surface area (Å²) in [6, 6.07) is 16.4. The van der Waals surface area contributed by atoms with E-state index in [4.69, 9.17) is 0 Å². The molecule has 2 aromatic carbocycles. The summed E-state index contributed by atoms with van der Waals surface area (Å²) >= 11 is 0. The van der Waals surface area contributed by atoms with Crippen molar-refractivity contribution < 1.29 is 5.11 Å². The predicted octanol–water partition coefficient (Wildman–Crippen LogP) is 4.76. The summed E-state index contributed by atoms with van der Waals surface area (Å²) in [6.07, 6.45) is 0.558. The normalized spacial score (nSPS) is 13.2. The molecule has 1 N–H and O–H groups in total. The predicted molar refractivity (Wildman–Crippen MR) is 85.0 cm³/mol. The van der Waals surface area contributed by atoms with Crippen molar-refractivity contribution in [1.29, 1.82) is 0 Å². The van der Waals surface area contributed by atoms with E-state index in [2.05, 4.69) is 32.9 Å². The first-order valence-electron chi connectivity index (χ1n) is 7.29. The van der Waals surface area contributed by atoms with Crippen LogP contribution in [0.15, 0.2) is 48.5 Å². The molecule has 1 nitrogen and oxygen atoms in total. The lowest BCUT2D eigenvalue weighted by Gasteiger charge is -2.24. The molecular formula is C19H24O. The van der Waals surface area contributed by atoms with Gasteiger partial charge in [-0.15, -0.1) is 0 Å². The summed E-state index contributed by atoms with van der Waals surface area (Å²) in [7, 11) is 0. The first-order valence-corrected chi connectivity index (χ1v) is 7.29. The molecule has 0 bridgehead atoms. The Morgan fingerprint density at radius 3 is 2.15 bits per heavy atom. The molecule has 20 heavy (non-hydrogen) atoms. The van der Waals surface area contributed by atoms with Gasteiger partial charge in [-0.2, -0.15) is 0 Å². The van der Waals surface area contributed by atoms with Crippen LogP contribution in [-0.4, -0.2) is 5.11 Å². The lowest BCUT2D eigenvalue weighted by atomic mass is 9.81. The Morgan fingerprint density at radius 1 is 1.00 bits per heavy atom. The van der Waals surface area contributed by atoms with Crippen LogP contribution in [-0.2, 0) is 5.41 Å². The van der Waals surface area contributed by atoms with Crippen molar-refractivity contribution in [3.63, 3.8) is 0 Å². The number of aryl methyl sites for hydroxylation is 1. The third-order valence-corrected chi connectivity index (χ3v) is 4.37. The van der Waals surface area contributed by atoms with E-state index in [1.54, 1.807) is 0 Å². The third kappa shape index (κ3) is 2.94. The number of rotatable bonds is 4. The maximum absolute atomic E-state index is 10.5. The minimum Gasteiger partial charge on any atom is -0.384 e. The van der Waals surface area contributed by atoms with Crippen LogP contribution in [0.1, 0.15) is 55.5 Å². The molecule has 0 aliphatic carbocycles. The largest absolute Gasteiger partial charge is 0.384 e. The minimum absolute atomic E-state index is 0.187. The highest BCUT2D eigenvalue weighted by molar-refractivity contribution is 5.37. The highest BCUT2D eigenvalue weighted by Crippen LogP contribution is 2.29. The van der Waals surface area contributed by atoms with Crippen LogP contribution in [0.5, 0.6) is 0 Å². The van der Waals surface area contributed by atoms with E-state index in [1.807, 2.05) is 43.3 Å². The number of aliphatic hydroxyl groups excluding tert-OH is 1. The smallest absolute Gasteiger partial charge is 0.104 e. The molecule has 1 heteroatoms. The molecule has 1 atom stereocenters. The molecule has 106 valence electrons. The lowest BCUT2D eigenvalue weighted by Crippen LogP contribution is -2.15. The first kappa shape index (κ1) is 14.8. The molecule has 0 aliphatic rings. The van der Waals surface area contributed by atoms with Gasteiger partial charge in [0, 0.05) is 0 Å². The first-order chi connectivity index (χ1) is 9.45. The van der Waals surface area contributed by atoms with E-state index in [0.29, 0.717) is 0 Å². The van der Waals surface area contributed by atoms with Crippen LogP contribution in [0, 0.1) is 6.92 Å². The Morgan fingerprint density at radius 2 is 1.60 bits per heavy atom. The van der Waals surface area contributed by atoms with Gasteiger partial charge < -0.3 is 5.11 Å². The Hall–Kier alpha value is -1.60. The minimum atomic E-state index is -0.546. The molecule has 0 saturated heterocycles. The average molecular weight is 268 g/mol. The zero-order chi connectivity index (χ0) is 14.8. The number of hydrogen-bond donors (Lipinski definition) is 1. The van der Waals surface area contributed by atoms with E-state index >= 15 is 0 Å². The average Bonchev–Trinajstić information content (AvgIpc) is 2.47. The molecule has 1 unspecified atom stereocenters. The van der Waals surface area contributed by atoms with Crippen LogP contribution >= 0.6 is 0 Å². The summed E-state index contributed by atoms with van der Waals surface area (Å²) in [5.74, 6) is 0. The van der Waals surface area contributed by atoms with Crippen molar-refractivity contribution in [2.45, 2.75) is 45.6 Å². The quantitative estimate of drug-likeness (QED) is 0.847. The topological polar surface area (TPSA) is 20.2 Å². The Kier molecular flexibility index (Phi) is 4.29. The van der Waals surface area contributed by atoms with Gasteiger partial charge in [0.25, 0.3) is 0 Å². The molecule has 0 aromatic heterocycles. The Bertz CT molecular complexity index is 567. The van der Waals surface area contributed by atoms with Crippen molar-refractivity contribution in [3.05, 3.63) is 70.8 Å². The fourth-order valence-electron chi connectivity index (χ4n) is 2.39. The zero-order valence-corrected chi connectivity index (χ0v) is 12.9. The summed E-state index contributed by atoms with van der Waals surface area (Å²) in [5.41, 5.74) is 4.57. The number of benzene rings is 2. The summed E-state index contributed by atoms with van der Waals surface area (Å²) in [5, 5.41) is 10.5. The monoisotopic (exact) mass is 268 g/mol. The van der Waals surface area contributed by atoms with Crippen LogP contribution in [0.4, 0.5) is 0 Å². The van der Waals surface area contributed by atoms with Gasteiger partial charge in [-0.25, -0.2) is 0 Å². The van der Waals surface area contributed by atoms with Crippen molar-refractivity contribution in [3.8, 4) is 0 Å². The van der Waals surface area contributed by atoms with Gasteiger partial charge >= 0.3 is 0 Å². The van der Waals surface area contributed by atoms with Crippen molar-refractivity contribution in [1.82, 2.24) is 0 Å². The molecule has 2 aromatic rings. The molecule has 0 fully saturated rings. The molecule has 0 amide bonds. The van der Waals surface area contributed by atoms with Crippen molar-refractivity contribution >= 4 is 0 Å². The van der Waals surface area contributed by atoms with Crippen LogP contribution < -0.4 is 0 Å². The van der Waals surface area contributed by atoms with E-state index in [9.17, 15) is 5.11 Å². The van der Waals surface area contributed by atoms with Crippen LogP contribution in [0.3, 0.4) is 0 Å². The van der Waals surface area contributed by atoms with Gasteiger partial charge in [0.05, 0.1) is 0 Å². The standard InChI is InChI=1S/C19H24O/c1-5-19(3,4)16-12-10-15(11-13-16)18(20)17-9-7-6-8-14(17)2/h6-13,18,20H,5H2,1-4H3. The number of aliphatic hydroxyl groups is 1. The summed E-state index contributed by atoms with van der Waals surface area (Å²) in [6.45, 7) is 8.74. The molecule has 0 saturated carbocycles. The molecule has 0 spiro atoms. The van der Waals surface area contributed by atoms with Crippen LogP contribution in [0.2, 0.25) is 0 Å². The maximum atomic E-state index is 10.5. The highest BCUT2D eigenvalue weighted by Gasteiger charge is 2.19. The van der Waals surface area contributed by atoms with Crippen molar-refractivity contribution in [2.75, 3.05) is 0 Å². The van der Waals surface area contributed by atoms with Gasteiger partial charge in [-0.05, 0) is 41.0 Å². The molecule has 0 aliphatic heterocycles. The summed E-state index contributed by atoms with van der Waals surface area (Å²) in [4.78, 5) is 0. The van der Waals surface area contributed by atoms with E-state index < -0.39 is 6.10 Å². The second-order valence-electron chi connectivity index (χ2n) is 6.12. The summed E-state index contributed by atoms with van der Waals surface area (Å²) < 4.78 is 0. The second-order valence-corrected chi connectivity index (χ2v) is 6.12. The SMILES string of the molecule is CCC(C)(C)c1ccc(C(O)c2ccccc2C)cc1. The lowest BCUT2D eigenvalue weighted by molar-refractivity contribution is 0.219. The highest BCUT2D eigenvalue weighted by atomic mass is 16.3. The van der Waals surface area contributed by atoms with E-state index in [-0.39, 0.29) is 5.41 Å². The fraction of sp³-hybridized carbons (Fsp3) is 0.368. The molecular weight excluding hydrogens is 244 g/mol. The van der Waals surface area contributed by atoms with Gasteiger partial charge in [0.2, 0.25) is 0 Å². The van der Waals surface area contributed by atoms with Gasteiger partial charge in [-0.1, -0.05) is 69.3 Å². The molecule has 2 rings (SSSR count). The second kappa shape index (κ2) is 5.80. The molecule has 0 radical (unpaired) electrons. The Balaban J connectivity index is 2.29. The maximum Gasteiger partial charge on any atom is 0.104 e. The van der Waals surface area contributed by atoms with Gasteiger partial charge in [0.1, 0.15) is 6.10 Å². The zero-order valence-electron chi connectivity index (χ0n) is 12.9. The third-order valence-electron chi connectivity index (χ3n) is 4.37. The van der Waals surface area contributed by atoms with Gasteiger partial charge in [0.15, 0.2) is 0 Å². The van der Waals surface area contributed by atoms with E-state index in [0.717, 1.165) is 23.1 Å². The number of hydrogen-bond acceptors (Lipinski definition) is 1. The van der Waals surface area contributed by atoms with Crippen molar-refractivity contribution in [2.24, 2.45) is 0 Å². The van der Waals surface area contributed by atoms with Crippen LogP contribution in [0.25, 0.3) is 0 Å². The molecule has 0 heterocycles. The van der Waals surface area contributed by atoms with E-state index in [1.165, 1.54) is 5.56 Å². The Labute approximate surface area is 122 Å².